The molecule has 8 nitrogen and oxygen atoms in total. The Morgan fingerprint density at radius 1 is 0.957 bits per heavy atom. The Morgan fingerprint density at radius 2 is 1.43 bits per heavy atom. The van der Waals surface area contributed by atoms with Gasteiger partial charge in [0.15, 0.2) is 0 Å². The van der Waals surface area contributed by atoms with Crippen molar-refractivity contribution < 1.29 is 19.6 Å². The van der Waals surface area contributed by atoms with Crippen LogP contribution in [0.15, 0.2) is 48.5 Å². The lowest BCUT2D eigenvalue weighted by Crippen LogP contribution is -2.19. The molecule has 0 heterocycles. The molecule has 0 unspecified atom stereocenters. The minimum Gasteiger partial charge on any atom is -0.481 e. The predicted molar refractivity (Wildman–Crippen MR) is 83.5 cm³/mol. The van der Waals surface area contributed by atoms with Crippen molar-refractivity contribution in [2.75, 3.05) is 10.6 Å². The Morgan fingerprint density at radius 3 is 1.87 bits per heavy atom. The normalized spacial score (nSPS) is 9.91. The largest absolute Gasteiger partial charge is 0.481 e. The number of amides is 2. The molecule has 2 aromatic carbocycles. The van der Waals surface area contributed by atoms with Gasteiger partial charge in [-0.3, -0.25) is 14.9 Å². The number of benzene rings is 2. The summed E-state index contributed by atoms with van der Waals surface area (Å²) in [6, 6.07) is 11.3. The van der Waals surface area contributed by atoms with Crippen LogP contribution >= 0.6 is 0 Å². The third kappa shape index (κ3) is 4.81. The van der Waals surface area contributed by atoms with Gasteiger partial charge in [-0.15, -0.1) is 0 Å². The third-order valence-electron chi connectivity index (χ3n) is 2.90. The van der Waals surface area contributed by atoms with E-state index in [-0.39, 0.29) is 12.1 Å². The number of nitrogens with one attached hydrogen (secondary N) is 2. The molecule has 0 spiro atoms. The van der Waals surface area contributed by atoms with E-state index in [1.165, 1.54) is 24.3 Å². The Labute approximate surface area is 130 Å². The van der Waals surface area contributed by atoms with E-state index in [9.17, 15) is 19.7 Å². The van der Waals surface area contributed by atoms with Crippen LogP contribution < -0.4 is 10.6 Å². The highest BCUT2D eigenvalue weighted by atomic mass is 16.6. The van der Waals surface area contributed by atoms with E-state index in [0.717, 1.165) is 0 Å². The summed E-state index contributed by atoms with van der Waals surface area (Å²) in [4.78, 5) is 32.4. The van der Waals surface area contributed by atoms with Crippen molar-refractivity contribution in [3.8, 4) is 0 Å². The van der Waals surface area contributed by atoms with Gasteiger partial charge in [-0.05, 0) is 29.8 Å². The zero-order valence-corrected chi connectivity index (χ0v) is 11.9. The molecule has 0 saturated carbocycles. The maximum absolute atomic E-state index is 11.8. The van der Waals surface area contributed by atoms with Gasteiger partial charge in [-0.1, -0.05) is 12.1 Å². The molecule has 0 aliphatic rings. The van der Waals surface area contributed by atoms with E-state index in [1.807, 2.05) is 0 Å². The molecular formula is C15H13N3O5. The molecule has 118 valence electrons. The number of nitro groups is 1. The SMILES string of the molecule is O=C(O)Cc1ccc(NC(=O)Nc2ccc([N+](=O)[O-])cc2)cc1. The monoisotopic (exact) mass is 315 g/mol. The van der Waals surface area contributed by atoms with Crippen molar-refractivity contribution in [1.82, 2.24) is 0 Å². The molecule has 0 saturated heterocycles. The van der Waals surface area contributed by atoms with Crippen LogP contribution in [0.2, 0.25) is 0 Å². The first kappa shape index (κ1) is 16.0. The molecule has 2 rings (SSSR count). The molecule has 2 aromatic rings. The maximum atomic E-state index is 11.8. The fourth-order valence-corrected chi connectivity index (χ4v) is 1.84. The average molecular weight is 315 g/mol. The van der Waals surface area contributed by atoms with Gasteiger partial charge in [0.1, 0.15) is 0 Å². The number of nitro benzene ring substituents is 1. The third-order valence-corrected chi connectivity index (χ3v) is 2.90. The molecule has 0 fully saturated rings. The average Bonchev–Trinajstić information content (AvgIpc) is 2.49. The molecule has 0 aromatic heterocycles. The molecule has 2 amide bonds. The topological polar surface area (TPSA) is 122 Å². The van der Waals surface area contributed by atoms with Crippen LogP contribution in [-0.4, -0.2) is 22.0 Å². The zero-order valence-electron chi connectivity index (χ0n) is 11.9. The van der Waals surface area contributed by atoms with Gasteiger partial charge in [0.2, 0.25) is 0 Å². The van der Waals surface area contributed by atoms with E-state index in [0.29, 0.717) is 16.9 Å². The maximum Gasteiger partial charge on any atom is 0.323 e. The van der Waals surface area contributed by atoms with E-state index < -0.39 is 16.9 Å². The molecular weight excluding hydrogens is 302 g/mol. The summed E-state index contributed by atoms with van der Waals surface area (Å²) in [6.07, 6.45) is -0.0880. The number of nitrogens with zero attached hydrogens (tertiary/aromatic N) is 1. The molecule has 0 bridgehead atoms. The second kappa shape index (κ2) is 7.03. The van der Waals surface area contributed by atoms with Crippen molar-refractivity contribution in [3.05, 3.63) is 64.2 Å². The highest BCUT2D eigenvalue weighted by Gasteiger charge is 2.07. The number of non-ortho nitro benzene ring substituents is 1. The van der Waals surface area contributed by atoms with Gasteiger partial charge in [-0.25, -0.2) is 4.79 Å². The standard InChI is InChI=1S/C15H13N3O5/c19-14(20)9-10-1-3-11(4-2-10)16-15(21)17-12-5-7-13(8-6-12)18(22)23/h1-8H,9H2,(H,19,20)(H2,16,17,21). The van der Waals surface area contributed by atoms with Crippen molar-refractivity contribution in [3.63, 3.8) is 0 Å². The molecule has 3 N–H and O–H groups in total. The number of hydrogen-bond donors (Lipinski definition) is 3. The summed E-state index contributed by atoms with van der Waals surface area (Å²) >= 11 is 0. The van der Waals surface area contributed by atoms with Gasteiger partial charge in [0, 0.05) is 23.5 Å². The highest BCUT2D eigenvalue weighted by molar-refractivity contribution is 5.99. The number of rotatable bonds is 5. The summed E-state index contributed by atoms with van der Waals surface area (Å²) in [7, 11) is 0. The van der Waals surface area contributed by atoms with Gasteiger partial charge in [0.05, 0.1) is 11.3 Å². The Hall–Kier alpha value is -3.42. The van der Waals surface area contributed by atoms with Crippen molar-refractivity contribution in [2.24, 2.45) is 0 Å². The summed E-state index contributed by atoms with van der Waals surface area (Å²) in [5.41, 5.74) is 1.47. The van der Waals surface area contributed by atoms with E-state index in [1.54, 1.807) is 24.3 Å². The number of hydrogen-bond acceptors (Lipinski definition) is 4. The Kier molecular flexibility index (Phi) is 4.88. The second-order valence-corrected chi connectivity index (χ2v) is 4.65. The van der Waals surface area contributed by atoms with Gasteiger partial charge in [-0.2, -0.15) is 0 Å². The first-order chi connectivity index (χ1) is 10.9. The van der Waals surface area contributed by atoms with Gasteiger partial charge in [0.25, 0.3) is 5.69 Å². The number of carboxylic acids is 1. The lowest BCUT2D eigenvalue weighted by Gasteiger charge is -2.08. The lowest BCUT2D eigenvalue weighted by atomic mass is 10.1. The van der Waals surface area contributed by atoms with Crippen molar-refractivity contribution in [1.29, 1.82) is 0 Å². The van der Waals surface area contributed by atoms with Crippen LogP contribution in [-0.2, 0) is 11.2 Å². The summed E-state index contributed by atoms with van der Waals surface area (Å²) < 4.78 is 0. The van der Waals surface area contributed by atoms with Crippen LogP contribution in [0, 0.1) is 10.1 Å². The van der Waals surface area contributed by atoms with Crippen LogP contribution in [0.5, 0.6) is 0 Å². The molecule has 0 aliphatic heterocycles. The first-order valence-electron chi connectivity index (χ1n) is 6.57. The zero-order chi connectivity index (χ0) is 16.8. The number of urea groups is 1. The smallest absolute Gasteiger partial charge is 0.323 e. The van der Waals surface area contributed by atoms with Crippen LogP contribution in [0.25, 0.3) is 0 Å². The molecule has 23 heavy (non-hydrogen) atoms. The summed E-state index contributed by atoms with van der Waals surface area (Å²) in [5, 5.41) is 24.3. The minimum absolute atomic E-state index is 0.0648. The Bertz CT molecular complexity index is 726. The number of aliphatic carboxylic acids is 1. The summed E-state index contributed by atoms with van der Waals surface area (Å²) in [5.74, 6) is -0.929. The molecule has 8 heteroatoms. The quantitative estimate of drug-likeness (QED) is 0.578. The molecule has 0 radical (unpaired) electrons. The molecule has 0 aliphatic carbocycles. The van der Waals surface area contributed by atoms with Gasteiger partial charge < -0.3 is 15.7 Å². The minimum atomic E-state index is -0.929. The van der Waals surface area contributed by atoms with Gasteiger partial charge >= 0.3 is 12.0 Å². The predicted octanol–water partition coefficient (Wildman–Crippen LogP) is 2.87. The Balaban J connectivity index is 1.93. The van der Waals surface area contributed by atoms with Crippen LogP contribution in [0.4, 0.5) is 21.9 Å². The lowest BCUT2D eigenvalue weighted by molar-refractivity contribution is -0.384. The van der Waals surface area contributed by atoms with Crippen molar-refractivity contribution in [2.45, 2.75) is 6.42 Å². The number of carbonyl (C=O) groups excluding carboxylic acids is 1. The van der Waals surface area contributed by atoms with E-state index in [2.05, 4.69) is 10.6 Å². The fourth-order valence-electron chi connectivity index (χ4n) is 1.84. The van der Waals surface area contributed by atoms with E-state index in [4.69, 9.17) is 5.11 Å². The van der Waals surface area contributed by atoms with E-state index >= 15 is 0 Å². The number of carbonyl (C=O) groups is 2. The molecule has 0 atom stereocenters. The summed E-state index contributed by atoms with van der Waals surface area (Å²) in [6.45, 7) is 0. The first-order valence-corrected chi connectivity index (χ1v) is 6.57. The fraction of sp³-hybridized carbons (Fsp3) is 0.0667. The van der Waals surface area contributed by atoms with Crippen LogP contribution in [0.1, 0.15) is 5.56 Å². The number of anilines is 2. The van der Waals surface area contributed by atoms with Crippen molar-refractivity contribution >= 4 is 29.1 Å². The second-order valence-electron chi connectivity index (χ2n) is 4.65. The number of carboxylic acid groups (broad SMARTS) is 1. The van der Waals surface area contributed by atoms with Crippen LogP contribution in [0.3, 0.4) is 0 Å². The highest BCUT2D eigenvalue weighted by Crippen LogP contribution is 2.16.